The van der Waals surface area contributed by atoms with Crippen molar-refractivity contribution >= 4 is 5.91 Å². The van der Waals surface area contributed by atoms with Gasteiger partial charge in [-0.1, -0.05) is 19.1 Å². The van der Waals surface area contributed by atoms with E-state index < -0.39 is 0 Å². The molecule has 1 fully saturated rings. The third kappa shape index (κ3) is 4.27. The lowest BCUT2D eigenvalue weighted by atomic mass is 9.92. The van der Waals surface area contributed by atoms with Crippen LogP contribution in [0.4, 0.5) is 0 Å². The smallest absolute Gasteiger partial charge is 0.276 e. The van der Waals surface area contributed by atoms with E-state index in [-0.39, 0.29) is 11.9 Å². The lowest BCUT2D eigenvalue weighted by molar-refractivity contribution is 0.0655. The van der Waals surface area contributed by atoms with Gasteiger partial charge in [-0.15, -0.1) is 5.10 Å². The molecule has 2 N–H and O–H groups in total. The molecular formula is C15H27N5O. The molecule has 2 heterocycles. The van der Waals surface area contributed by atoms with Crippen molar-refractivity contribution in [3.63, 3.8) is 0 Å². The summed E-state index contributed by atoms with van der Waals surface area (Å²) in [5.74, 6) is 0.983. The van der Waals surface area contributed by atoms with Gasteiger partial charge in [0.15, 0.2) is 5.69 Å². The van der Waals surface area contributed by atoms with Crippen LogP contribution < -0.4 is 5.73 Å². The third-order valence-corrected chi connectivity index (χ3v) is 4.18. The average molecular weight is 293 g/mol. The van der Waals surface area contributed by atoms with Gasteiger partial charge in [-0.3, -0.25) is 9.48 Å². The number of hydrogen-bond acceptors (Lipinski definition) is 4. The fraction of sp³-hybridized carbons (Fsp3) is 0.800. The van der Waals surface area contributed by atoms with Gasteiger partial charge in [0.1, 0.15) is 0 Å². The summed E-state index contributed by atoms with van der Waals surface area (Å²) in [6, 6.07) is 0.127. The van der Waals surface area contributed by atoms with Crippen LogP contribution in [0, 0.1) is 11.8 Å². The maximum atomic E-state index is 12.5. The van der Waals surface area contributed by atoms with Crippen molar-refractivity contribution in [1.82, 2.24) is 19.9 Å². The Morgan fingerprint density at radius 2 is 2.24 bits per heavy atom. The molecule has 21 heavy (non-hydrogen) atoms. The van der Waals surface area contributed by atoms with Crippen molar-refractivity contribution in [3.8, 4) is 0 Å². The van der Waals surface area contributed by atoms with Crippen molar-refractivity contribution in [3.05, 3.63) is 11.9 Å². The Bertz CT molecular complexity index is 468. The number of hydrogen-bond donors (Lipinski definition) is 1. The summed E-state index contributed by atoms with van der Waals surface area (Å²) >= 11 is 0. The van der Waals surface area contributed by atoms with Crippen LogP contribution in [0.5, 0.6) is 0 Å². The highest BCUT2D eigenvalue weighted by molar-refractivity contribution is 5.92. The van der Waals surface area contributed by atoms with Crippen molar-refractivity contribution in [2.45, 2.75) is 52.6 Å². The SMILES string of the molecule is CC(C)CCn1cc(C(=O)N2CCCC(C(C)N)C2)nn1. The number of piperidine rings is 1. The second-order valence-corrected chi connectivity index (χ2v) is 6.56. The number of aryl methyl sites for hydroxylation is 1. The molecule has 0 spiro atoms. The Morgan fingerprint density at radius 1 is 1.48 bits per heavy atom. The summed E-state index contributed by atoms with van der Waals surface area (Å²) in [6.45, 7) is 8.69. The van der Waals surface area contributed by atoms with Crippen LogP contribution in [0.2, 0.25) is 0 Å². The summed E-state index contributed by atoms with van der Waals surface area (Å²) in [7, 11) is 0. The number of amides is 1. The zero-order valence-electron chi connectivity index (χ0n) is 13.3. The van der Waals surface area contributed by atoms with Crippen molar-refractivity contribution < 1.29 is 4.79 Å². The highest BCUT2D eigenvalue weighted by Crippen LogP contribution is 2.20. The van der Waals surface area contributed by atoms with Crippen molar-refractivity contribution in [2.75, 3.05) is 13.1 Å². The van der Waals surface area contributed by atoms with Gasteiger partial charge < -0.3 is 10.6 Å². The highest BCUT2D eigenvalue weighted by atomic mass is 16.2. The second kappa shape index (κ2) is 7.02. The molecule has 1 aromatic rings. The molecule has 6 heteroatoms. The van der Waals surface area contributed by atoms with E-state index in [0.717, 1.165) is 38.9 Å². The number of carbonyl (C=O) groups excluding carboxylic acids is 1. The molecule has 1 aromatic heterocycles. The fourth-order valence-corrected chi connectivity index (χ4v) is 2.68. The van der Waals surface area contributed by atoms with Crippen LogP contribution in [0.15, 0.2) is 6.20 Å². The number of carbonyl (C=O) groups is 1. The first-order valence-corrected chi connectivity index (χ1v) is 7.92. The average Bonchev–Trinajstić information content (AvgIpc) is 2.93. The summed E-state index contributed by atoms with van der Waals surface area (Å²) < 4.78 is 1.76. The number of nitrogens with zero attached hydrogens (tertiary/aromatic N) is 4. The number of likely N-dealkylation sites (tertiary alicyclic amines) is 1. The Hall–Kier alpha value is -1.43. The molecule has 1 aliphatic heterocycles. The van der Waals surface area contributed by atoms with Gasteiger partial charge in [0.25, 0.3) is 5.91 Å². The third-order valence-electron chi connectivity index (χ3n) is 4.18. The molecule has 118 valence electrons. The van der Waals surface area contributed by atoms with E-state index in [0.29, 0.717) is 17.5 Å². The highest BCUT2D eigenvalue weighted by Gasteiger charge is 2.27. The molecule has 2 unspecified atom stereocenters. The number of nitrogens with two attached hydrogens (primary N) is 1. The lowest BCUT2D eigenvalue weighted by Crippen LogP contribution is -2.45. The van der Waals surface area contributed by atoms with Crippen LogP contribution >= 0.6 is 0 Å². The molecule has 1 saturated heterocycles. The Balaban J connectivity index is 1.96. The summed E-state index contributed by atoms with van der Waals surface area (Å²) in [5, 5.41) is 8.08. The predicted octanol–water partition coefficient (Wildman–Crippen LogP) is 1.52. The summed E-state index contributed by atoms with van der Waals surface area (Å²) in [5.41, 5.74) is 6.42. The number of aromatic nitrogens is 3. The molecule has 0 radical (unpaired) electrons. The predicted molar refractivity (Wildman–Crippen MR) is 81.8 cm³/mol. The molecule has 0 aromatic carbocycles. The van der Waals surface area contributed by atoms with Crippen LogP contribution in [-0.4, -0.2) is 44.9 Å². The first kappa shape index (κ1) is 15.9. The summed E-state index contributed by atoms with van der Waals surface area (Å²) in [6.07, 6.45) is 4.91. The fourth-order valence-electron chi connectivity index (χ4n) is 2.68. The van der Waals surface area contributed by atoms with E-state index in [1.54, 1.807) is 10.9 Å². The molecule has 0 aliphatic carbocycles. The molecule has 2 atom stereocenters. The minimum atomic E-state index is -0.0175. The maximum absolute atomic E-state index is 12.5. The van der Waals surface area contributed by atoms with Crippen LogP contribution in [0.3, 0.4) is 0 Å². The molecule has 0 saturated carbocycles. The molecule has 6 nitrogen and oxygen atoms in total. The van der Waals surface area contributed by atoms with E-state index in [1.165, 1.54) is 0 Å². The molecule has 0 bridgehead atoms. The van der Waals surface area contributed by atoms with Crippen molar-refractivity contribution in [1.29, 1.82) is 0 Å². The van der Waals surface area contributed by atoms with Crippen LogP contribution in [0.1, 0.15) is 50.5 Å². The largest absolute Gasteiger partial charge is 0.337 e. The normalized spacial score (nSPS) is 20.8. The topological polar surface area (TPSA) is 77.0 Å². The van der Waals surface area contributed by atoms with Crippen LogP contribution in [0.25, 0.3) is 0 Å². The minimum Gasteiger partial charge on any atom is -0.337 e. The molecular weight excluding hydrogens is 266 g/mol. The first-order valence-electron chi connectivity index (χ1n) is 7.92. The summed E-state index contributed by atoms with van der Waals surface area (Å²) in [4.78, 5) is 14.4. The van der Waals surface area contributed by atoms with E-state index in [1.807, 2.05) is 11.8 Å². The van der Waals surface area contributed by atoms with Gasteiger partial charge in [-0.2, -0.15) is 0 Å². The molecule has 1 amide bonds. The first-order chi connectivity index (χ1) is 9.97. The van der Waals surface area contributed by atoms with Crippen molar-refractivity contribution in [2.24, 2.45) is 17.6 Å². The molecule has 1 aliphatic rings. The monoisotopic (exact) mass is 293 g/mol. The zero-order chi connectivity index (χ0) is 15.4. The van der Waals surface area contributed by atoms with Gasteiger partial charge in [-0.25, -0.2) is 0 Å². The van der Waals surface area contributed by atoms with E-state index >= 15 is 0 Å². The minimum absolute atomic E-state index is 0.0175. The lowest BCUT2D eigenvalue weighted by Gasteiger charge is -2.34. The Kier molecular flexibility index (Phi) is 5.33. The maximum Gasteiger partial charge on any atom is 0.276 e. The number of rotatable bonds is 5. The molecule has 2 rings (SSSR count). The quantitative estimate of drug-likeness (QED) is 0.893. The van der Waals surface area contributed by atoms with E-state index in [9.17, 15) is 4.79 Å². The van der Waals surface area contributed by atoms with E-state index in [2.05, 4.69) is 24.2 Å². The standard InChI is InChI=1S/C15H27N5O/c1-11(2)6-8-20-10-14(17-18-20)15(21)19-7-4-5-13(9-19)12(3)16/h10-13H,4-9,16H2,1-3H3. The van der Waals surface area contributed by atoms with Crippen LogP contribution in [-0.2, 0) is 6.54 Å². The van der Waals surface area contributed by atoms with Gasteiger partial charge in [0.2, 0.25) is 0 Å². The second-order valence-electron chi connectivity index (χ2n) is 6.56. The zero-order valence-corrected chi connectivity index (χ0v) is 13.3. The van der Waals surface area contributed by atoms with E-state index in [4.69, 9.17) is 5.73 Å². The van der Waals surface area contributed by atoms with Gasteiger partial charge in [-0.05, 0) is 38.0 Å². The Morgan fingerprint density at radius 3 is 2.90 bits per heavy atom. The van der Waals surface area contributed by atoms with Gasteiger partial charge >= 0.3 is 0 Å². The van der Waals surface area contributed by atoms with Gasteiger partial charge in [0, 0.05) is 25.7 Å². The van der Waals surface area contributed by atoms with Gasteiger partial charge in [0.05, 0.1) is 6.20 Å². The Labute approximate surface area is 126 Å².